The van der Waals surface area contributed by atoms with E-state index in [0.29, 0.717) is 0 Å². The third-order valence-corrected chi connectivity index (χ3v) is 0.366. The van der Waals surface area contributed by atoms with Gasteiger partial charge in [0.2, 0.25) is 0 Å². The molecule has 62 valence electrons. The topological polar surface area (TPSA) is 119 Å². The second-order valence-corrected chi connectivity index (χ2v) is 1.28. The van der Waals surface area contributed by atoms with Crippen LogP contribution < -0.4 is 0 Å². The van der Waals surface area contributed by atoms with Gasteiger partial charge in [0, 0.05) is 0 Å². The highest BCUT2D eigenvalue weighted by Gasteiger charge is 1.87. The van der Waals surface area contributed by atoms with Gasteiger partial charge in [0.05, 0.1) is 6.07 Å². The number of hydrogen-bond acceptors (Lipinski definition) is 4. The molecule has 0 radical (unpaired) electrons. The van der Waals surface area contributed by atoms with Gasteiger partial charge in [-0.2, -0.15) is 5.26 Å². The van der Waals surface area contributed by atoms with E-state index >= 15 is 0 Å². The molecule has 0 amide bonds. The first-order valence-electron chi connectivity index (χ1n) is 2.46. The van der Waals surface area contributed by atoms with Crippen LogP contribution in [-0.4, -0.2) is 33.9 Å². The van der Waals surface area contributed by atoms with Crippen LogP contribution in [0.25, 0.3) is 0 Å². The Hall–Kier alpha value is -1.61. The van der Waals surface area contributed by atoms with E-state index in [0.717, 1.165) is 0 Å². The third-order valence-electron chi connectivity index (χ3n) is 0.366. The molecule has 0 fully saturated rings. The molecule has 0 spiro atoms. The van der Waals surface area contributed by atoms with Crippen molar-refractivity contribution in [3.05, 3.63) is 0 Å². The Labute approximate surface area is 62.3 Å². The van der Waals surface area contributed by atoms with Gasteiger partial charge in [-0.25, -0.2) is 4.79 Å². The molecule has 0 saturated carbocycles. The molecular weight excluding hydrogens is 154 g/mol. The number of carbonyl (C=O) groups is 2. The lowest BCUT2D eigenvalue weighted by atomic mass is 10.5. The minimum Gasteiger partial charge on any atom is -0.480 e. The second kappa shape index (κ2) is 8.39. The molecule has 0 aromatic rings. The molecule has 11 heavy (non-hydrogen) atoms. The summed E-state index contributed by atoms with van der Waals surface area (Å²) in [7, 11) is 0. The first kappa shape index (κ1) is 12.1. The van der Waals surface area contributed by atoms with Gasteiger partial charge in [-0.3, -0.25) is 4.79 Å². The minimum absolute atomic E-state index is 0.403. The van der Waals surface area contributed by atoms with Crippen LogP contribution in [0.3, 0.4) is 0 Å². The van der Waals surface area contributed by atoms with E-state index in [1.54, 1.807) is 0 Å². The maximum absolute atomic E-state index is 9.38. The summed E-state index contributed by atoms with van der Waals surface area (Å²) in [4.78, 5) is 18.5. The summed E-state index contributed by atoms with van der Waals surface area (Å²) in [6, 6.07) is 1.47. The molecule has 0 bridgehead atoms. The highest BCUT2D eigenvalue weighted by molar-refractivity contribution is 5.69. The van der Waals surface area contributed by atoms with Gasteiger partial charge >= 0.3 is 11.9 Å². The highest BCUT2D eigenvalue weighted by Crippen LogP contribution is 1.68. The lowest BCUT2D eigenvalue weighted by Crippen LogP contribution is -1.98. The van der Waals surface area contributed by atoms with Gasteiger partial charge in [-0.15, -0.1) is 0 Å². The predicted molar refractivity (Wildman–Crippen MR) is 32.6 cm³/mol. The van der Waals surface area contributed by atoms with E-state index in [1.807, 2.05) is 0 Å². The maximum Gasteiger partial charge on any atom is 0.329 e. The SMILES string of the molecule is N#CCC(=O)O.O=C(O)CO. The number of nitrogens with zero attached hydrogens (tertiary/aromatic N) is 1. The first-order chi connectivity index (χ1) is 5.04. The van der Waals surface area contributed by atoms with Gasteiger partial charge in [0.1, 0.15) is 13.0 Å². The summed E-state index contributed by atoms with van der Waals surface area (Å²) in [6.07, 6.45) is -0.403. The Morgan fingerprint density at radius 2 is 1.64 bits per heavy atom. The summed E-state index contributed by atoms with van der Waals surface area (Å²) >= 11 is 0. The smallest absolute Gasteiger partial charge is 0.329 e. The zero-order valence-electron chi connectivity index (χ0n) is 5.52. The quantitative estimate of drug-likeness (QED) is 0.480. The molecular formula is C5H7NO5. The van der Waals surface area contributed by atoms with Crippen molar-refractivity contribution in [3.8, 4) is 6.07 Å². The molecule has 3 N–H and O–H groups in total. The summed E-state index contributed by atoms with van der Waals surface area (Å²) in [5.41, 5.74) is 0. The van der Waals surface area contributed by atoms with Crippen molar-refractivity contribution in [2.45, 2.75) is 6.42 Å². The van der Waals surface area contributed by atoms with E-state index < -0.39 is 25.0 Å². The molecule has 0 saturated heterocycles. The van der Waals surface area contributed by atoms with Crippen LogP contribution in [0.5, 0.6) is 0 Å². The monoisotopic (exact) mass is 161 g/mol. The lowest BCUT2D eigenvalue weighted by Gasteiger charge is -1.72. The van der Waals surface area contributed by atoms with E-state index in [1.165, 1.54) is 6.07 Å². The average molecular weight is 161 g/mol. The van der Waals surface area contributed by atoms with Crippen LogP contribution in [-0.2, 0) is 9.59 Å². The number of aliphatic carboxylic acids is 2. The standard InChI is InChI=1S/C3H3NO2.C2H4O3/c4-2-1-3(5)6;3-1-2(4)5/h1H2,(H,5,6);3H,1H2,(H,4,5). The molecule has 6 heteroatoms. The van der Waals surface area contributed by atoms with Gasteiger partial charge in [0.15, 0.2) is 0 Å². The Kier molecular flexibility index (Phi) is 9.23. The van der Waals surface area contributed by atoms with Crippen molar-refractivity contribution < 1.29 is 24.9 Å². The molecule has 0 aromatic heterocycles. The van der Waals surface area contributed by atoms with Crippen LogP contribution in [0.4, 0.5) is 0 Å². The highest BCUT2D eigenvalue weighted by atomic mass is 16.4. The molecule has 0 atom stereocenters. The third kappa shape index (κ3) is 29.8. The zero-order valence-corrected chi connectivity index (χ0v) is 5.52. The average Bonchev–Trinajstić information content (AvgIpc) is 1.89. The summed E-state index contributed by atoms with van der Waals surface area (Å²) < 4.78 is 0. The number of carboxylic acids is 2. The fourth-order valence-corrected chi connectivity index (χ4v) is 0.0676. The minimum atomic E-state index is -1.19. The molecule has 0 aliphatic heterocycles. The van der Waals surface area contributed by atoms with Crippen LogP contribution in [0.2, 0.25) is 0 Å². The van der Waals surface area contributed by atoms with E-state index in [9.17, 15) is 4.79 Å². The van der Waals surface area contributed by atoms with Gasteiger partial charge in [-0.05, 0) is 0 Å². The van der Waals surface area contributed by atoms with E-state index in [4.69, 9.17) is 25.4 Å². The Balaban J connectivity index is 0. The molecule has 0 heterocycles. The molecule has 0 aliphatic rings. The van der Waals surface area contributed by atoms with E-state index in [-0.39, 0.29) is 0 Å². The number of nitriles is 1. The second-order valence-electron chi connectivity index (χ2n) is 1.28. The number of aliphatic hydroxyl groups is 1. The maximum atomic E-state index is 9.38. The fourth-order valence-electron chi connectivity index (χ4n) is 0.0676. The Morgan fingerprint density at radius 1 is 1.27 bits per heavy atom. The summed E-state index contributed by atoms with van der Waals surface area (Å²) in [5.74, 6) is -2.26. The van der Waals surface area contributed by atoms with Crippen LogP contribution in [0, 0.1) is 11.3 Å². The number of rotatable bonds is 2. The van der Waals surface area contributed by atoms with Crippen molar-refractivity contribution >= 4 is 11.9 Å². The number of carboxylic acid groups (broad SMARTS) is 2. The zero-order chi connectivity index (χ0) is 9.28. The summed E-state index contributed by atoms with van der Waals surface area (Å²) in [6.45, 7) is -0.778. The molecule has 0 rings (SSSR count). The number of hydrogen-bond donors (Lipinski definition) is 3. The Bertz CT molecular complexity index is 170. The van der Waals surface area contributed by atoms with Crippen molar-refractivity contribution in [3.63, 3.8) is 0 Å². The summed E-state index contributed by atoms with van der Waals surface area (Å²) in [5, 5.41) is 30.3. The van der Waals surface area contributed by atoms with Crippen LogP contribution in [0.1, 0.15) is 6.42 Å². The molecule has 0 aliphatic carbocycles. The van der Waals surface area contributed by atoms with Gasteiger partial charge in [0.25, 0.3) is 0 Å². The van der Waals surface area contributed by atoms with Crippen LogP contribution in [0.15, 0.2) is 0 Å². The van der Waals surface area contributed by atoms with Crippen molar-refractivity contribution in [2.75, 3.05) is 6.61 Å². The lowest BCUT2D eigenvalue weighted by molar-refractivity contribution is -0.140. The van der Waals surface area contributed by atoms with Crippen molar-refractivity contribution in [2.24, 2.45) is 0 Å². The van der Waals surface area contributed by atoms with Crippen molar-refractivity contribution in [1.82, 2.24) is 0 Å². The first-order valence-corrected chi connectivity index (χ1v) is 2.46. The molecule has 0 unspecified atom stereocenters. The molecule has 6 nitrogen and oxygen atoms in total. The van der Waals surface area contributed by atoms with Gasteiger partial charge < -0.3 is 15.3 Å². The number of aliphatic hydroxyl groups excluding tert-OH is 1. The normalized spacial score (nSPS) is 6.91. The largest absolute Gasteiger partial charge is 0.480 e. The van der Waals surface area contributed by atoms with Gasteiger partial charge in [-0.1, -0.05) is 0 Å². The Morgan fingerprint density at radius 3 is 1.64 bits per heavy atom. The van der Waals surface area contributed by atoms with E-state index in [2.05, 4.69) is 0 Å². The fraction of sp³-hybridized carbons (Fsp3) is 0.400. The van der Waals surface area contributed by atoms with Crippen LogP contribution >= 0.6 is 0 Å². The van der Waals surface area contributed by atoms with Crippen molar-refractivity contribution in [1.29, 1.82) is 5.26 Å². The predicted octanol–water partition coefficient (Wildman–Crippen LogP) is -0.952. The molecule has 0 aromatic carbocycles.